The van der Waals surface area contributed by atoms with E-state index in [-0.39, 0.29) is 10.8 Å². The summed E-state index contributed by atoms with van der Waals surface area (Å²) < 4.78 is 26.7. The average molecular weight is 344 g/mol. The van der Waals surface area contributed by atoms with Crippen molar-refractivity contribution in [2.75, 3.05) is 0 Å². The van der Waals surface area contributed by atoms with Crippen LogP contribution in [0.3, 0.4) is 0 Å². The molecule has 2 N–H and O–H groups in total. The minimum Gasteiger partial charge on any atom is -0.478 e. The van der Waals surface area contributed by atoms with Gasteiger partial charge in [0.1, 0.15) is 0 Å². The van der Waals surface area contributed by atoms with Gasteiger partial charge in [0, 0.05) is 17.5 Å². The Balaban J connectivity index is 2.01. The van der Waals surface area contributed by atoms with Crippen molar-refractivity contribution in [1.82, 2.24) is 9.71 Å². The second-order valence-electron chi connectivity index (χ2n) is 4.04. The Hall–Kier alpha value is -1.55. The predicted molar refractivity (Wildman–Crippen MR) is 81.9 cm³/mol. The minimum absolute atomic E-state index is 0.158. The van der Waals surface area contributed by atoms with E-state index in [2.05, 4.69) is 9.71 Å². The lowest BCUT2D eigenvalue weighted by Gasteiger charge is -2.01. The van der Waals surface area contributed by atoms with Gasteiger partial charge in [0.05, 0.1) is 11.2 Å². The molecule has 0 bridgehead atoms. The molecule has 2 aromatic rings. The van der Waals surface area contributed by atoms with Gasteiger partial charge in [0.15, 0.2) is 4.21 Å². The molecule has 2 rings (SSSR count). The Morgan fingerprint density at radius 1 is 1.52 bits per heavy atom. The van der Waals surface area contributed by atoms with E-state index in [1.165, 1.54) is 23.6 Å². The Morgan fingerprint density at radius 2 is 2.29 bits per heavy atom. The number of nitrogens with zero attached hydrogens (tertiary/aromatic N) is 1. The van der Waals surface area contributed by atoms with Crippen LogP contribution in [-0.4, -0.2) is 24.5 Å². The lowest BCUT2D eigenvalue weighted by Crippen LogP contribution is -2.21. The van der Waals surface area contributed by atoms with E-state index in [0.29, 0.717) is 5.01 Å². The van der Waals surface area contributed by atoms with Gasteiger partial charge in [-0.25, -0.2) is 22.9 Å². The molecule has 9 heteroatoms. The molecule has 112 valence electrons. The highest BCUT2D eigenvalue weighted by molar-refractivity contribution is 7.91. The van der Waals surface area contributed by atoms with Crippen LogP contribution >= 0.6 is 22.7 Å². The highest BCUT2D eigenvalue weighted by Crippen LogP contribution is 2.20. The number of aliphatic carboxylic acids is 1. The van der Waals surface area contributed by atoms with Crippen LogP contribution in [0.4, 0.5) is 0 Å². The molecule has 2 aromatic heterocycles. The van der Waals surface area contributed by atoms with Gasteiger partial charge >= 0.3 is 5.97 Å². The highest BCUT2D eigenvalue weighted by atomic mass is 32.2. The molecule has 0 amide bonds. The van der Waals surface area contributed by atoms with E-state index in [0.717, 1.165) is 27.9 Å². The number of hydrogen-bond acceptors (Lipinski definition) is 6. The zero-order chi connectivity index (χ0) is 15.5. The van der Waals surface area contributed by atoms with E-state index in [1.54, 1.807) is 18.4 Å². The van der Waals surface area contributed by atoms with Crippen LogP contribution in [0.15, 0.2) is 27.9 Å². The van der Waals surface area contributed by atoms with Crippen LogP contribution in [0, 0.1) is 6.92 Å². The summed E-state index contributed by atoms with van der Waals surface area (Å²) in [6.07, 6.45) is 3.83. The van der Waals surface area contributed by atoms with Crippen LogP contribution < -0.4 is 4.72 Å². The van der Waals surface area contributed by atoms with Gasteiger partial charge in [-0.1, -0.05) is 0 Å². The first-order chi connectivity index (χ1) is 9.87. The zero-order valence-corrected chi connectivity index (χ0v) is 13.4. The van der Waals surface area contributed by atoms with Crippen molar-refractivity contribution < 1.29 is 18.3 Å². The Bertz CT molecular complexity index is 774. The molecule has 0 saturated heterocycles. The lowest BCUT2D eigenvalue weighted by atomic mass is 10.3. The molecule has 0 aliphatic heterocycles. The first kappa shape index (κ1) is 15.8. The number of aromatic nitrogens is 1. The molecular weight excluding hydrogens is 332 g/mol. The predicted octanol–water partition coefficient (Wildman–Crippen LogP) is 2.09. The minimum atomic E-state index is -3.55. The van der Waals surface area contributed by atoms with Gasteiger partial charge in [-0.2, -0.15) is 0 Å². The summed E-state index contributed by atoms with van der Waals surface area (Å²) in [7, 11) is -3.55. The number of carbonyl (C=O) groups is 1. The van der Waals surface area contributed by atoms with Crippen molar-refractivity contribution in [2.45, 2.75) is 17.7 Å². The number of hydrogen-bond donors (Lipinski definition) is 2. The van der Waals surface area contributed by atoms with Crippen LogP contribution in [-0.2, 0) is 21.4 Å². The van der Waals surface area contributed by atoms with Crippen molar-refractivity contribution in [3.8, 4) is 0 Å². The summed E-state index contributed by atoms with van der Waals surface area (Å²) in [6, 6.07) is 1.74. The Kier molecular flexibility index (Phi) is 4.88. The topological polar surface area (TPSA) is 96.4 Å². The van der Waals surface area contributed by atoms with Gasteiger partial charge in [0.2, 0.25) is 0 Å². The molecule has 21 heavy (non-hydrogen) atoms. The van der Waals surface area contributed by atoms with E-state index in [1.807, 2.05) is 0 Å². The van der Waals surface area contributed by atoms with Crippen LogP contribution in [0.25, 0.3) is 6.08 Å². The van der Waals surface area contributed by atoms with Gasteiger partial charge in [0.25, 0.3) is 10.0 Å². The molecule has 0 fully saturated rings. The molecule has 0 aromatic carbocycles. The molecule has 6 nitrogen and oxygen atoms in total. The first-order valence-electron chi connectivity index (χ1n) is 5.77. The largest absolute Gasteiger partial charge is 0.478 e. The third-order valence-corrected chi connectivity index (χ3v) is 6.12. The number of rotatable bonds is 6. The summed E-state index contributed by atoms with van der Waals surface area (Å²) in [5.41, 5.74) is 0.727. The van der Waals surface area contributed by atoms with E-state index < -0.39 is 16.0 Å². The number of thiophene rings is 1. The fourth-order valence-corrected chi connectivity index (χ4v) is 4.49. The Labute approximate surface area is 129 Å². The van der Waals surface area contributed by atoms with Crippen LogP contribution in [0.2, 0.25) is 0 Å². The summed E-state index contributed by atoms with van der Waals surface area (Å²) in [5, 5.41) is 11.0. The fraction of sp³-hybridized carbons (Fsp3) is 0.167. The van der Waals surface area contributed by atoms with Crippen molar-refractivity contribution in [3.05, 3.63) is 39.2 Å². The molecule has 0 atom stereocenters. The third-order valence-electron chi connectivity index (χ3n) is 2.39. The molecule has 0 saturated carbocycles. The summed E-state index contributed by atoms with van der Waals surface area (Å²) in [4.78, 5) is 15.1. The molecule has 2 heterocycles. The second-order valence-corrected chi connectivity index (χ2v) is 8.27. The van der Waals surface area contributed by atoms with Gasteiger partial charge in [-0.3, -0.25) is 0 Å². The fourth-order valence-electron chi connectivity index (χ4n) is 1.45. The third kappa shape index (κ3) is 4.46. The molecule has 0 spiro atoms. The molecule has 0 aliphatic rings. The van der Waals surface area contributed by atoms with E-state index in [4.69, 9.17) is 5.11 Å². The maximum Gasteiger partial charge on any atom is 0.328 e. The van der Waals surface area contributed by atoms with Crippen molar-refractivity contribution in [2.24, 2.45) is 0 Å². The second kappa shape index (κ2) is 6.48. The summed E-state index contributed by atoms with van der Waals surface area (Å²) in [6.45, 7) is 1.90. The van der Waals surface area contributed by atoms with Crippen molar-refractivity contribution in [1.29, 1.82) is 0 Å². The summed E-state index contributed by atoms with van der Waals surface area (Å²) in [5.74, 6) is -1.02. The van der Waals surface area contributed by atoms with Crippen LogP contribution in [0.1, 0.15) is 15.4 Å². The molecular formula is C12H12N2O4S3. The first-order valence-corrected chi connectivity index (χ1v) is 8.95. The number of nitrogens with one attached hydrogen (secondary N) is 1. The van der Waals surface area contributed by atoms with Crippen LogP contribution in [0.5, 0.6) is 0 Å². The molecule has 0 unspecified atom stereocenters. The van der Waals surface area contributed by atoms with Gasteiger partial charge in [-0.15, -0.1) is 22.7 Å². The Morgan fingerprint density at radius 3 is 2.90 bits per heavy atom. The van der Waals surface area contributed by atoms with Gasteiger partial charge < -0.3 is 5.11 Å². The monoisotopic (exact) mass is 344 g/mol. The number of carboxylic acid groups (broad SMARTS) is 1. The maximum absolute atomic E-state index is 12.0. The average Bonchev–Trinajstić information content (AvgIpc) is 3.03. The summed E-state index contributed by atoms with van der Waals surface area (Å²) >= 11 is 2.47. The highest BCUT2D eigenvalue weighted by Gasteiger charge is 2.16. The zero-order valence-electron chi connectivity index (χ0n) is 10.9. The smallest absolute Gasteiger partial charge is 0.328 e. The molecule has 0 aliphatic carbocycles. The quantitative estimate of drug-likeness (QED) is 0.782. The lowest BCUT2D eigenvalue weighted by molar-refractivity contribution is -0.131. The van der Waals surface area contributed by atoms with Crippen molar-refractivity contribution in [3.63, 3.8) is 0 Å². The van der Waals surface area contributed by atoms with Gasteiger partial charge in [-0.05, 0) is 30.0 Å². The van der Waals surface area contributed by atoms with E-state index in [9.17, 15) is 13.2 Å². The standard InChI is InChI=1S/C12H12N2O4S3/c1-8-13-6-12(20-8)21(17,18)14-5-10-4-9(7-19-10)2-3-11(15)16/h2-4,6-7,14H,5H2,1H3,(H,15,16)/b3-2+. The normalized spacial score (nSPS) is 12.0. The SMILES string of the molecule is Cc1ncc(S(=O)(=O)NCc2cc(/C=C/C(=O)O)cs2)s1. The van der Waals surface area contributed by atoms with E-state index >= 15 is 0 Å². The number of aryl methyl sites for hydroxylation is 1. The van der Waals surface area contributed by atoms with Crippen molar-refractivity contribution >= 4 is 44.7 Å². The number of thiazole rings is 1. The number of sulfonamides is 1. The number of carboxylic acids is 1. The maximum atomic E-state index is 12.0. The molecule has 0 radical (unpaired) electrons.